The van der Waals surface area contributed by atoms with Crippen molar-refractivity contribution in [3.05, 3.63) is 16.5 Å². The Morgan fingerprint density at radius 2 is 2.00 bits per heavy atom. The molecule has 0 fully saturated rings. The van der Waals surface area contributed by atoms with Crippen molar-refractivity contribution in [2.24, 2.45) is 0 Å². The van der Waals surface area contributed by atoms with Crippen molar-refractivity contribution >= 4 is 17.4 Å². The predicted molar refractivity (Wildman–Crippen MR) is 54.8 cm³/mol. The maximum Gasteiger partial charge on any atom is 0.224 e. The van der Waals surface area contributed by atoms with Crippen molar-refractivity contribution in [1.82, 2.24) is 9.97 Å². The Kier molecular flexibility index (Phi) is 3.48. The molecule has 0 aliphatic carbocycles. The molecule has 0 aliphatic heterocycles. The van der Waals surface area contributed by atoms with E-state index < -0.39 is 0 Å². The molecule has 0 spiro atoms. The Labute approximate surface area is 83.3 Å². The molecule has 1 aromatic rings. The molecule has 0 saturated carbocycles. The Morgan fingerprint density at radius 3 is 2.54 bits per heavy atom. The number of rotatable bonds is 3. The summed E-state index contributed by atoms with van der Waals surface area (Å²) < 4.78 is 0. The minimum Gasteiger partial charge on any atom is -0.383 e. The van der Waals surface area contributed by atoms with Crippen LogP contribution in [0.3, 0.4) is 0 Å². The molecule has 1 heterocycles. The van der Waals surface area contributed by atoms with E-state index in [9.17, 15) is 0 Å². The smallest absolute Gasteiger partial charge is 0.224 e. The fraction of sp³-hybridized carbons (Fsp3) is 0.556. The van der Waals surface area contributed by atoms with Crippen LogP contribution in [0, 0.1) is 0 Å². The molecule has 0 aromatic carbocycles. The molecule has 72 valence electrons. The second-order valence-electron chi connectivity index (χ2n) is 2.91. The van der Waals surface area contributed by atoms with Gasteiger partial charge < -0.3 is 5.73 Å². The third kappa shape index (κ3) is 2.31. The molecule has 0 amide bonds. The second kappa shape index (κ2) is 4.42. The first kappa shape index (κ1) is 10.3. The topological polar surface area (TPSA) is 51.8 Å². The largest absolute Gasteiger partial charge is 0.383 e. The van der Waals surface area contributed by atoms with Crippen molar-refractivity contribution < 1.29 is 0 Å². The lowest BCUT2D eigenvalue weighted by molar-refractivity contribution is 0.847. The Morgan fingerprint density at radius 1 is 1.31 bits per heavy atom. The molecule has 3 nitrogen and oxygen atoms in total. The summed E-state index contributed by atoms with van der Waals surface area (Å²) >= 11 is 5.71. The molecular formula is C9H14ClN3. The van der Waals surface area contributed by atoms with Crippen LogP contribution in [0.4, 0.5) is 5.82 Å². The Balaban J connectivity index is 3.13. The van der Waals surface area contributed by atoms with Gasteiger partial charge in [0.1, 0.15) is 5.82 Å². The van der Waals surface area contributed by atoms with Gasteiger partial charge in [0.25, 0.3) is 0 Å². The highest BCUT2D eigenvalue weighted by Crippen LogP contribution is 2.17. The molecule has 13 heavy (non-hydrogen) atoms. The van der Waals surface area contributed by atoms with Gasteiger partial charge in [0.05, 0.1) is 5.69 Å². The highest BCUT2D eigenvalue weighted by molar-refractivity contribution is 6.28. The SMILES string of the molecule is CCCc1nc(Cl)nc(N)c1CC. The van der Waals surface area contributed by atoms with Crippen molar-refractivity contribution in [2.45, 2.75) is 33.1 Å². The molecule has 0 atom stereocenters. The highest BCUT2D eigenvalue weighted by atomic mass is 35.5. The lowest BCUT2D eigenvalue weighted by Gasteiger charge is -2.08. The van der Waals surface area contributed by atoms with Crippen LogP contribution in [0.25, 0.3) is 0 Å². The highest BCUT2D eigenvalue weighted by Gasteiger charge is 2.08. The number of hydrogen-bond acceptors (Lipinski definition) is 3. The summed E-state index contributed by atoms with van der Waals surface area (Å²) in [7, 11) is 0. The lowest BCUT2D eigenvalue weighted by Crippen LogP contribution is -2.05. The number of halogens is 1. The standard InChI is InChI=1S/C9H14ClN3/c1-3-5-7-6(4-2)8(11)13-9(10)12-7/h3-5H2,1-2H3,(H2,11,12,13). The van der Waals surface area contributed by atoms with Gasteiger partial charge in [-0.05, 0) is 24.4 Å². The number of anilines is 1. The zero-order valence-corrected chi connectivity index (χ0v) is 8.73. The molecule has 0 saturated heterocycles. The molecule has 1 rings (SSSR count). The van der Waals surface area contributed by atoms with E-state index in [1.807, 2.05) is 6.92 Å². The summed E-state index contributed by atoms with van der Waals surface area (Å²) in [6.45, 7) is 4.15. The first-order valence-electron chi connectivity index (χ1n) is 4.49. The van der Waals surface area contributed by atoms with Crippen molar-refractivity contribution in [3.63, 3.8) is 0 Å². The molecule has 0 radical (unpaired) electrons. The molecule has 0 aliphatic rings. The normalized spacial score (nSPS) is 10.4. The quantitative estimate of drug-likeness (QED) is 0.760. The zero-order valence-electron chi connectivity index (χ0n) is 7.97. The van der Waals surface area contributed by atoms with Crippen molar-refractivity contribution in [3.8, 4) is 0 Å². The number of hydrogen-bond donors (Lipinski definition) is 1. The van der Waals surface area contributed by atoms with E-state index in [1.54, 1.807) is 0 Å². The summed E-state index contributed by atoms with van der Waals surface area (Å²) in [5.41, 5.74) is 7.75. The summed E-state index contributed by atoms with van der Waals surface area (Å²) in [4.78, 5) is 8.09. The Bertz CT molecular complexity index is 299. The minimum atomic E-state index is 0.248. The lowest BCUT2D eigenvalue weighted by atomic mass is 10.1. The maximum atomic E-state index is 5.73. The average molecular weight is 200 g/mol. The summed E-state index contributed by atoms with van der Waals surface area (Å²) in [6, 6.07) is 0. The monoisotopic (exact) mass is 199 g/mol. The minimum absolute atomic E-state index is 0.248. The van der Waals surface area contributed by atoms with E-state index in [1.165, 1.54) is 0 Å². The van der Waals surface area contributed by atoms with E-state index in [0.717, 1.165) is 30.5 Å². The van der Waals surface area contributed by atoms with Gasteiger partial charge in [0.15, 0.2) is 0 Å². The van der Waals surface area contributed by atoms with Crippen LogP contribution >= 0.6 is 11.6 Å². The summed E-state index contributed by atoms with van der Waals surface area (Å²) in [5, 5.41) is 0.248. The third-order valence-corrected chi connectivity index (χ3v) is 2.11. The molecule has 2 N–H and O–H groups in total. The van der Waals surface area contributed by atoms with Gasteiger partial charge in [-0.1, -0.05) is 20.3 Å². The van der Waals surface area contributed by atoms with Crippen LogP contribution in [-0.2, 0) is 12.8 Å². The van der Waals surface area contributed by atoms with E-state index in [-0.39, 0.29) is 5.28 Å². The number of nitrogen functional groups attached to an aromatic ring is 1. The van der Waals surface area contributed by atoms with E-state index in [0.29, 0.717) is 5.82 Å². The number of nitrogens with two attached hydrogens (primary N) is 1. The zero-order chi connectivity index (χ0) is 9.84. The first-order chi connectivity index (χ1) is 6.19. The first-order valence-corrected chi connectivity index (χ1v) is 4.87. The van der Waals surface area contributed by atoms with Gasteiger partial charge in [-0.3, -0.25) is 0 Å². The van der Waals surface area contributed by atoms with Crippen LogP contribution in [0.1, 0.15) is 31.5 Å². The van der Waals surface area contributed by atoms with Gasteiger partial charge in [0.2, 0.25) is 5.28 Å². The van der Waals surface area contributed by atoms with Crippen LogP contribution in [-0.4, -0.2) is 9.97 Å². The van der Waals surface area contributed by atoms with Gasteiger partial charge in [-0.15, -0.1) is 0 Å². The fourth-order valence-electron chi connectivity index (χ4n) is 1.35. The van der Waals surface area contributed by atoms with Crippen LogP contribution in [0.5, 0.6) is 0 Å². The average Bonchev–Trinajstić information content (AvgIpc) is 2.04. The molecular weight excluding hydrogens is 186 g/mol. The van der Waals surface area contributed by atoms with Crippen molar-refractivity contribution in [2.75, 3.05) is 5.73 Å². The van der Waals surface area contributed by atoms with E-state index >= 15 is 0 Å². The van der Waals surface area contributed by atoms with Crippen LogP contribution < -0.4 is 5.73 Å². The van der Waals surface area contributed by atoms with Crippen molar-refractivity contribution in [1.29, 1.82) is 0 Å². The van der Waals surface area contributed by atoms with E-state index in [2.05, 4.69) is 16.9 Å². The van der Waals surface area contributed by atoms with Crippen LogP contribution in [0.2, 0.25) is 5.28 Å². The van der Waals surface area contributed by atoms with Gasteiger partial charge in [0, 0.05) is 5.56 Å². The third-order valence-electron chi connectivity index (χ3n) is 1.94. The van der Waals surface area contributed by atoms with Gasteiger partial charge >= 0.3 is 0 Å². The van der Waals surface area contributed by atoms with Crippen LogP contribution in [0.15, 0.2) is 0 Å². The molecule has 0 bridgehead atoms. The number of aryl methyl sites for hydroxylation is 1. The Hall–Kier alpha value is -0.830. The molecule has 4 heteroatoms. The number of aromatic nitrogens is 2. The number of nitrogens with zero attached hydrogens (tertiary/aromatic N) is 2. The second-order valence-corrected chi connectivity index (χ2v) is 3.24. The van der Waals surface area contributed by atoms with E-state index in [4.69, 9.17) is 17.3 Å². The summed E-state index contributed by atoms with van der Waals surface area (Å²) in [6.07, 6.45) is 2.81. The fourth-order valence-corrected chi connectivity index (χ4v) is 1.54. The maximum absolute atomic E-state index is 5.73. The van der Waals surface area contributed by atoms with Gasteiger partial charge in [-0.25, -0.2) is 9.97 Å². The molecule has 1 aromatic heterocycles. The van der Waals surface area contributed by atoms with Gasteiger partial charge in [-0.2, -0.15) is 0 Å². The predicted octanol–water partition coefficient (Wildman–Crippen LogP) is 2.23. The molecule has 0 unspecified atom stereocenters. The summed E-state index contributed by atoms with van der Waals surface area (Å²) in [5.74, 6) is 0.519.